The number of hydrogen-bond acceptors (Lipinski definition) is 4. The Morgan fingerprint density at radius 1 is 0.966 bits per heavy atom. The fraction of sp³-hybridized carbons (Fsp3) is 0.458. The van der Waals surface area contributed by atoms with Crippen LogP contribution in [0.1, 0.15) is 45.2 Å². The highest BCUT2D eigenvalue weighted by Crippen LogP contribution is 2.45. The highest BCUT2D eigenvalue weighted by Gasteiger charge is 2.59. The third-order valence-corrected chi connectivity index (χ3v) is 5.80. The summed E-state index contributed by atoms with van der Waals surface area (Å²) in [6.45, 7) is 9.56. The molecule has 0 saturated carbocycles. The number of nitrogens with one attached hydrogen (secondary N) is 1. The lowest BCUT2D eigenvalue weighted by Crippen LogP contribution is -2.55. The van der Waals surface area contributed by atoms with Crippen molar-refractivity contribution in [2.75, 3.05) is 6.54 Å². The van der Waals surface area contributed by atoms with Crippen LogP contribution < -0.4 is 5.48 Å². The van der Waals surface area contributed by atoms with Crippen LogP contribution in [0.25, 0.3) is 0 Å². The third kappa shape index (κ3) is 4.86. The van der Waals surface area contributed by atoms with Gasteiger partial charge >= 0.3 is 0 Å². The normalized spacial score (nSPS) is 24.4. The van der Waals surface area contributed by atoms with E-state index in [0.717, 1.165) is 17.5 Å². The van der Waals surface area contributed by atoms with E-state index in [-0.39, 0.29) is 5.91 Å². The van der Waals surface area contributed by atoms with Crippen LogP contribution in [-0.4, -0.2) is 23.1 Å². The van der Waals surface area contributed by atoms with Crippen molar-refractivity contribution in [1.82, 2.24) is 10.5 Å². The summed E-state index contributed by atoms with van der Waals surface area (Å²) in [5.74, 6) is 0.369. The molecule has 1 aliphatic rings. The number of carbonyl (C=O) groups excluding carboxylic acids is 1. The zero-order valence-electron chi connectivity index (χ0n) is 17.9. The predicted molar refractivity (Wildman–Crippen MR) is 113 cm³/mol. The van der Waals surface area contributed by atoms with Crippen molar-refractivity contribution >= 4 is 5.91 Å². The van der Waals surface area contributed by atoms with Crippen LogP contribution in [0.3, 0.4) is 0 Å². The summed E-state index contributed by atoms with van der Waals surface area (Å²) in [6.07, 6.45) is 0.745. The fourth-order valence-corrected chi connectivity index (χ4v) is 4.00. The third-order valence-electron chi connectivity index (χ3n) is 5.80. The van der Waals surface area contributed by atoms with E-state index in [1.54, 1.807) is 0 Å². The van der Waals surface area contributed by atoms with Crippen LogP contribution >= 0.6 is 0 Å². The van der Waals surface area contributed by atoms with E-state index in [1.807, 2.05) is 74.5 Å². The summed E-state index contributed by atoms with van der Waals surface area (Å²) >= 11 is 0. The zero-order valence-corrected chi connectivity index (χ0v) is 17.9. The van der Waals surface area contributed by atoms with Gasteiger partial charge in [-0.15, -0.1) is 0 Å². The summed E-state index contributed by atoms with van der Waals surface area (Å²) in [6, 6.07) is 19.9. The molecule has 5 nitrogen and oxygen atoms in total. The summed E-state index contributed by atoms with van der Waals surface area (Å²) < 4.78 is 0. The number of nitrogens with zero attached hydrogens (tertiary/aromatic N) is 1. The van der Waals surface area contributed by atoms with Gasteiger partial charge in [-0.1, -0.05) is 74.5 Å². The van der Waals surface area contributed by atoms with Gasteiger partial charge in [0.05, 0.1) is 24.1 Å². The molecule has 29 heavy (non-hydrogen) atoms. The Hall–Kier alpha value is -2.21. The van der Waals surface area contributed by atoms with Crippen LogP contribution in [0.5, 0.6) is 0 Å². The average molecular weight is 397 g/mol. The SMILES string of the molecule is CC(C)C[C@]1(C)C(=O)N(OCc2ccccc2)C[C@]1(C)NOCc1ccccc1. The molecule has 1 N–H and O–H groups in total. The van der Waals surface area contributed by atoms with Gasteiger partial charge in [0.25, 0.3) is 5.91 Å². The molecule has 0 aliphatic carbocycles. The molecule has 2 aromatic rings. The second-order valence-corrected chi connectivity index (χ2v) is 8.74. The van der Waals surface area contributed by atoms with E-state index in [9.17, 15) is 4.79 Å². The number of rotatable bonds is 9. The zero-order chi connectivity index (χ0) is 20.9. The maximum absolute atomic E-state index is 13.3. The Kier molecular flexibility index (Phi) is 6.73. The standard InChI is InChI=1S/C24H32N2O3/c1-19(2)15-23(3)22(27)26(29-17-21-13-9-6-10-14-21)18-24(23,4)25-28-16-20-11-7-5-8-12-20/h5-14,19,25H,15-18H2,1-4H3/t23-,24+/m1/s1. The lowest BCUT2D eigenvalue weighted by atomic mass is 9.69. The number of benzene rings is 2. The molecule has 0 spiro atoms. The molecule has 5 heteroatoms. The molecule has 3 rings (SSSR count). The molecule has 1 saturated heterocycles. The number of amides is 1. The first-order valence-corrected chi connectivity index (χ1v) is 10.3. The van der Waals surface area contributed by atoms with Crippen LogP contribution in [0.4, 0.5) is 0 Å². The van der Waals surface area contributed by atoms with E-state index in [1.165, 1.54) is 5.06 Å². The molecule has 0 bridgehead atoms. The van der Waals surface area contributed by atoms with Gasteiger partial charge in [-0.2, -0.15) is 5.48 Å². The summed E-state index contributed by atoms with van der Waals surface area (Å²) in [7, 11) is 0. The minimum Gasteiger partial charge on any atom is -0.296 e. The summed E-state index contributed by atoms with van der Waals surface area (Å²) in [4.78, 5) is 25.1. The van der Waals surface area contributed by atoms with Gasteiger partial charge in [0.15, 0.2) is 0 Å². The first-order valence-electron chi connectivity index (χ1n) is 10.3. The Labute approximate surface area is 173 Å². The van der Waals surface area contributed by atoms with Crippen molar-refractivity contribution in [2.24, 2.45) is 11.3 Å². The summed E-state index contributed by atoms with van der Waals surface area (Å²) in [5, 5.41) is 1.51. The lowest BCUT2D eigenvalue weighted by molar-refractivity contribution is -0.187. The summed E-state index contributed by atoms with van der Waals surface area (Å²) in [5.41, 5.74) is 4.13. The van der Waals surface area contributed by atoms with Gasteiger partial charge < -0.3 is 0 Å². The van der Waals surface area contributed by atoms with Crippen molar-refractivity contribution in [3.05, 3.63) is 71.8 Å². The molecular formula is C24H32N2O3. The predicted octanol–water partition coefficient (Wildman–Crippen LogP) is 4.49. The number of carbonyl (C=O) groups is 1. The molecule has 0 radical (unpaired) electrons. The molecule has 2 atom stereocenters. The topological polar surface area (TPSA) is 50.8 Å². The molecule has 1 aliphatic heterocycles. The molecule has 0 aromatic heterocycles. The number of hydroxylamine groups is 3. The largest absolute Gasteiger partial charge is 0.296 e. The monoisotopic (exact) mass is 396 g/mol. The Balaban J connectivity index is 1.70. The van der Waals surface area contributed by atoms with Crippen LogP contribution in [0, 0.1) is 11.3 Å². The van der Waals surface area contributed by atoms with Gasteiger partial charge in [0.2, 0.25) is 0 Å². The van der Waals surface area contributed by atoms with Crippen LogP contribution in [0.15, 0.2) is 60.7 Å². The van der Waals surface area contributed by atoms with Crippen LogP contribution in [-0.2, 0) is 27.7 Å². The van der Waals surface area contributed by atoms with E-state index in [4.69, 9.17) is 9.68 Å². The molecule has 156 valence electrons. The van der Waals surface area contributed by atoms with Gasteiger partial charge in [-0.3, -0.25) is 14.5 Å². The van der Waals surface area contributed by atoms with E-state index in [0.29, 0.717) is 25.7 Å². The van der Waals surface area contributed by atoms with Gasteiger partial charge in [0, 0.05) is 0 Å². The molecule has 1 amide bonds. The average Bonchev–Trinajstić information content (AvgIpc) is 2.88. The molecule has 0 unspecified atom stereocenters. The fourth-order valence-electron chi connectivity index (χ4n) is 4.00. The Morgan fingerprint density at radius 2 is 1.52 bits per heavy atom. The van der Waals surface area contributed by atoms with E-state index in [2.05, 4.69) is 19.3 Å². The first kappa shape index (κ1) is 21.5. The van der Waals surface area contributed by atoms with Crippen molar-refractivity contribution in [1.29, 1.82) is 0 Å². The minimum absolute atomic E-state index is 0.000409. The maximum atomic E-state index is 13.3. The Morgan fingerprint density at radius 3 is 2.07 bits per heavy atom. The van der Waals surface area contributed by atoms with E-state index >= 15 is 0 Å². The highest BCUT2D eigenvalue weighted by atomic mass is 16.7. The lowest BCUT2D eigenvalue weighted by Gasteiger charge is -2.39. The number of hydrogen-bond donors (Lipinski definition) is 1. The van der Waals surface area contributed by atoms with Crippen LogP contribution in [0.2, 0.25) is 0 Å². The van der Waals surface area contributed by atoms with Gasteiger partial charge in [-0.05, 0) is 37.3 Å². The molecule has 1 fully saturated rings. The Bertz CT molecular complexity index is 796. The van der Waals surface area contributed by atoms with Gasteiger partial charge in [-0.25, -0.2) is 5.06 Å². The van der Waals surface area contributed by atoms with Crippen molar-refractivity contribution < 1.29 is 14.5 Å². The first-order chi connectivity index (χ1) is 13.8. The molecule has 1 heterocycles. The smallest absolute Gasteiger partial charge is 0.254 e. The van der Waals surface area contributed by atoms with Crippen molar-refractivity contribution in [3.8, 4) is 0 Å². The molecule has 2 aromatic carbocycles. The maximum Gasteiger partial charge on any atom is 0.254 e. The minimum atomic E-state index is -0.630. The second-order valence-electron chi connectivity index (χ2n) is 8.74. The quantitative estimate of drug-likeness (QED) is 0.635. The molecular weight excluding hydrogens is 364 g/mol. The van der Waals surface area contributed by atoms with Gasteiger partial charge in [0.1, 0.15) is 6.61 Å². The van der Waals surface area contributed by atoms with E-state index < -0.39 is 11.0 Å². The van der Waals surface area contributed by atoms with Crippen molar-refractivity contribution in [3.63, 3.8) is 0 Å². The highest BCUT2D eigenvalue weighted by molar-refractivity contribution is 5.86. The second kappa shape index (κ2) is 9.08. The van der Waals surface area contributed by atoms with Crippen molar-refractivity contribution in [2.45, 2.75) is 52.9 Å².